The third kappa shape index (κ3) is 7.65. The van der Waals surface area contributed by atoms with Crippen molar-refractivity contribution in [2.24, 2.45) is 0 Å². The molecule has 0 bridgehead atoms. The maximum atomic E-state index is 5.04. The van der Waals surface area contributed by atoms with Gasteiger partial charge in [0, 0.05) is 27.6 Å². The first-order valence-corrected chi connectivity index (χ1v) is 25.2. The van der Waals surface area contributed by atoms with Crippen LogP contribution in [0.25, 0.3) is 133 Å². The molecule has 74 heavy (non-hydrogen) atoms. The van der Waals surface area contributed by atoms with E-state index >= 15 is 0 Å². The summed E-state index contributed by atoms with van der Waals surface area (Å²) in [6, 6.07) is 100. The average Bonchev–Trinajstić information content (AvgIpc) is 4.09. The SMILES string of the molecule is c1ccc(-c2nc(-c3ccccc3)n(-c3ccc(-c4ccccc4-c4ccccc4-c4ccc(-n5c6ccc(-c7ccc8ccccc8c7)cc6c6cc(-c7ccc8ccccc8c7)ccc65)cc4)cc3)n2)cc1. The molecule has 0 saturated heterocycles. The molecule has 0 radical (unpaired) electrons. The largest absolute Gasteiger partial charge is 0.309 e. The normalized spacial score (nSPS) is 11.5. The molecule has 0 N–H and O–H groups in total. The molecule has 14 aromatic rings. The first kappa shape index (κ1) is 42.9. The summed E-state index contributed by atoms with van der Waals surface area (Å²) in [5.74, 6) is 1.49. The number of rotatable bonds is 9. The van der Waals surface area contributed by atoms with E-state index in [9.17, 15) is 0 Å². The zero-order chi connectivity index (χ0) is 49.0. The minimum absolute atomic E-state index is 0.691. The van der Waals surface area contributed by atoms with Gasteiger partial charge in [0.25, 0.3) is 0 Å². The summed E-state index contributed by atoms with van der Waals surface area (Å²) in [5, 5.41) is 12.5. The van der Waals surface area contributed by atoms with Crippen LogP contribution in [-0.4, -0.2) is 19.3 Å². The van der Waals surface area contributed by atoms with Gasteiger partial charge in [-0.3, -0.25) is 0 Å². The van der Waals surface area contributed by atoms with Crippen LogP contribution in [0, 0.1) is 0 Å². The molecule has 14 rings (SSSR count). The van der Waals surface area contributed by atoms with E-state index in [4.69, 9.17) is 10.1 Å². The Morgan fingerprint density at radius 3 is 1.16 bits per heavy atom. The summed E-state index contributed by atoms with van der Waals surface area (Å²) in [5.41, 5.74) is 18.2. The van der Waals surface area contributed by atoms with E-state index in [1.807, 2.05) is 41.1 Å². The monoisotopic (exact) mass is 942 g/mol. The zero-order valence-electron chi connectivity index (χ0n) is 40.3. The van der Waals surface area contributed by atoms with Crippen molar-refractivity contribution in [3.05, 3.63) is 279 Å². The highest BCUT2D eigenvalue weighted by atomic mass is 15.4. The van der Waals surface area contributed by atoms with Crippen molar-refractivity contribution in [2.75, 3.05) is 0 Å². The fourth-order valence-electron chi connectivity index (χ4n) is 10.9. The van der Waals surface area contributed by atoms with Crippen molar-refractivity contribution in [1.82, 2.24) is 19.3 Å². The number of benzene rings is 12. The van der Waals surface area contributed by atoms with E-state index < -0.39 is 0 Å². The van der Waals surface area contributed by atoms with Gasteiger partial charge in [0.1, 0.15) is 0 Å². The quantitative estimate of drug-likeness (QED) is 0.145. The van der Waals surface area contributed by atoms with Gasteiger partial charge in [0.15, 0.2) is 11.6 Å². The number of hydrogen-bond acceptors (Lipinski definition) is 2. The molecule has 2 aromatic heterocycles. The third-order valence-electron chi connectivity index (χ3n) is 14.6. The van der Waals surface area contributed by atoms with Gasteiger partial charge in [-0.2, -0.15) is 0 Å². The smallest absolute Gasteiger partial charge is 0.182 e. The Hall–Kier alpha value is -9.90. The maximum absolute atomic E-state index is 5.04. The molecule has 12 aromatic carbocycles. The topological polar surface area (TPSA) is 35.6 Å². The summed E-state index contributed by atoms with van der Waals surface area (Å²) in [7, 11) is 0. The molecule has 0 aliphatic heterocycles. The molecule has 0 aliphatic carbocycles. The molecule has 0 saturated carbocycles. The summed E-state index contributed by atoms with van der Waals surface area (Å²) in [4.78, 5) is 5.04. The molecular weight excluding hydrogens is 897 g/mol. The van der Waals surface area contributed by atoms with Crippen LogP contribution in [0.3, 0.4) is 0 Å². The molecule has 0 atom stereocenters. The second-order valence-electron chi connectivity index (χ2n) is 19.0. The molecule has 0 amide bonds. The summed E-state index contributed by atoms with van der Waals surface area (Å²) >= 11 is 0. The highest BCUT2D eigenvalue weighted by Crippen LogP contribution is 2.41. The fraction of sp³-hybridized carbons (Fsp3) is 0. The summed E-state index contributed by atoms with van der Waals surface area (Å²) in [6.45, 7) is 0. The van der Waals surface area contributed by atoms with Crippen LogP contribution in [0.2, 0.25) is 0 Å². The number of hydrogen-bond donors (Lipinski definition) is 0. The van der Waals surface area contributed by atoms with Gasteiger partial charge in [-0.25, -0.2) is 9.67 Å². The first-order chi connectivity index (χ1) is 36.7. The van der Waals surface area contributed by atoms with Crippen molar-refractivity contribution >= 4 is 43.4 Å². The lowest BCUT2D eigenvalue weighted by molar-refractivity contribution is 0.891. The predicted octanol–water partition coefficient (Wildman–Crippen LogP) is 18.3. The van der Waals surface area contributed by atoms with Crippen molar-refractivity contribution < 1.29 is 0 Å². The molecule has 0 aliphatic rings. The van der Waals surface area contributed by atoms with Crippen LogP contribution in [0.5, 0.6) is 0 Å². The van der Waals surface area contributed by atoms with Crippen LogP contribution in [0.15, 0.2) is 279 Å². The van der Waals surface area contributed by atoms with Crippen LogP contribution in [0.1, 0.15) is 0 Å². The van der Waals surface area contributed by atoms with Crippen LogP contribution >= 0.6 is 0 Å². The van der Waals surface area contributed by atoms with Crippen LogP contribution < -0.4 is 0 Å². The summed E-state index contributed by atoms with van der Waals surface area (Å²) in [6.07, 6.45) is 0. The highest BCUT2D eigenvalue weighted by molar-refractivity contribution is 6.12. The molecular formula is C70H46N4. The van der Waals surface area contributed by atoms with E-state index in [0.717, 1.165) is 45.0 Å². The first-order valence-electron chi connectivity index (χ1n) is 25.2. The molecule has 2 heterocycles. The number of fused-ring (bicyclic) bond motifs is 5. The van der Waals surface area contributed by atoms with Gasteiger partial charge in [0.05, 0.1) is 16.7 Å². The van der Waals surface area contributed by atoms with Gasteiger partial charge in [-0.15, -0.1) is 5.10 Å². The molecule has 0 spiro atoms. The Morgan fingerprint density at radius 1 is 0.257 bits per heavy atom. The zero-order valence-corrected chi connectivity index (χ0v) is 40.3. The Morgan fingerprint density at radius 2 is 0.649 bits per heavy atom. The van der Waals surface area contributed by atoms with Gasteiger partial charge < -0.3 is 4.57 Å². The third-order valence-corrected chi connectivity index (χ3v) is 14.6. The highest BCUT2D eigenvalue weighted by Gasteiger charge is 2.19. The maximum Gasteiger partial charge on any atom is 0.182 e. The molecule has 4 nitrogen and oxygen atoms in total. The molecule has 0 fully saturated rings. The van der Waals surface area contributed by atoms with Crippen molar-refractivity contribution in [3.63, 3.8) is 0 Å². The lowest BCUT2D eigenvalue weighted by Gasteiger charge is -2.16. The van der Waals surface area contributed by atoms with E-state index in [-0.39, 0.29) is 0 Å². The Balaban J connectivity index is 0.832. The number of aromatic nitrogens is 4. The molecule has 0 unspecified atom stereocenters. The van der Waals surface area contributed by atoms with Crippen LogP contribution in [-0.2, 0) is 0 Å². The lowest BCUT2D eigenvalue weighted by Crippen LogP contribution is -1.99. The lowest BCUT2D eigenvalue weighted by atomic mass is 9.89. The van der Waals surface area contributed by atoms with Crippen molar-refractivity contribution in [1.29, 1.82) is 0 Å². The Labute approximate surface area is 429 Å². The number of nitrogens with zero attached hydrogens (tertiary/aromatic N) is 4. The molecule has 4 heteroatoms. The van der Waals surface area contributed by atoms with E-state index in [1.165, 1.54) is 82.3 Å². The minimum Gasteiger partial charge on any atom is -0.309 e. The second-order valence-corrected chi connectivity index (χ2v) is 19.0. The van der Waals surface area contributed by atoms with E-state index in [1.54, 1.807) is 0 Å². The van der Waals surface area contributed by atoms with Crippen molar-refractivity contribution in [3.8, 4) is 89.8 Å². The predicted molar refractivity (Wildman–Crippen MR) is 309 cm³/mol. The van der Waals surface area contributed by atoms with Crippen molar-refractivity contribution in [2.45, 2.75) is 0 Å². The second kappa shape index (κ2) is 18.1. The summed E-state index contributed by atoms with van der Waals surface area (Å²) < 4.78 is 4.39. The molecule has 346 valence electrons. The van der Waals surface area contributed by atoms with Crippen LogP contribution in [0.4, 0.5) is 0 Å². The average molecular weight is 943 g/mol. The van der Waals surface area contributed by atoms with E-state index in [0.29, 0.717) is 5.82 Å². The Bertz CT molecular complexity index is 4260. The van der Waals surface area contributed by atoms with E-state index in [2.05, 4.69) is 247 Å². The standard InChI is InChI=1S/C70H46N4/c1-3-17-51(18-4-1)69-71-70(52-19-5-2-6-20-52)74(72-69)60-39-33-50(34-40-60)62-24-12-14-26-64(62)63-25-13-11-23-61(63)49-31-37-59(38-32-49)73-67-41-35-57(55-29-27-47-15-7-9-21-53(47)43-55)45-65(67)66-46-58(36-42-68(66)73)56-30-28-48-16-8-10-22-54(48)44-56/h1-46H. The minimum atomic E-state index is 0.691. The van der Waals surface area contributed by atoms with Gasteiger partial charge in [-0.1, -0.05) is 218 Å². The van der Waals surface area contributed by atoms with Gasteiger partial charge in [-0.05, 0) is 138 Å². The fourth-order valence-corrected chi connectivity index (χ4v) is 10.9. The van der Waals surface area contributed by atoms with Gasteiger partial charge in [0.2, 0.25) is 0 Å². The van der Waals surface area contributed by atoms with Gasteiger partial charge >= 0.3 is 0 Å². The Kier molecular flexibility index (Phi) is 10.5.